The third-order valence-electron chi connectivity index (χ3n) is 3.66. The van der Waals surface area contributed by atoms with Crippen LogP contribution in [0.4, 0.5) is 10.1 Å². The van der Waals surface area contributed by atoms with E-state index < -0.39 is 0 Å². The van der Waals surface area contributed by atoms with Crippen molar-refractivity contribution < 1.29 is 4.39 Å². The number of nitrogens with one attached hydrogen (secondary N) is 1. The van der Waals surface area contributed by atoms with Gasteiger partial charge >= 0.3 is 0 Å². The quantitative estimate of drug-likeness (QED) is 0.879. The second-order valence-corrected chi connectivity index (χ2v) is 5.57. The fourth-order valence-corrected chi connectivity index (χ4v) is 2.86. The summed E-state index contributed by atoms with van der Waals surface area (Å²) in [6, 6.07) is 6.02. The topological polar surface area (TPSA) is 18.5 Å². The lowest BCUT2D eigenvalue weighted by atomic mass is 10.1. The van der Waals surface area contributed by atoms with Crippen LogP contribution in [-0.4, -0.2) is 45.2 Å². The Hall–Kier alpha value is -1.13. The molecule has 1 fully saturated rings. The standard InChI is InChI=1S/C15H24FN3/c1-17-10-12-6-7-15(14(16)9-12)19-8-4-5-13(19)11-18(2)3/h6-7,9,13,17H,4-5,8,10-11H2,1-3H3. The number of likely N-dealkylation sites (N-methyl/N-ethyl adjacent to an activating group) is 1. The number of benzene rings is 1. The van der Waals surface area contributed by atoms with Crippen molar-refractivity contribution in [3.8, 4) is 0 Å². The Bertz CT molecular complexity index is 420. The van der Waals surface area contributed by atoms with Gasteiger partial charge in [0, 0.05) is 25.7 Å². The number of halogens is 1. The molecule has 2 rings (SSSR count). The van der Waals surface area contributed by atoms with Crippen molar-refractivity contribution in [2.45, 2.75) is 25.4 Å². The number of rotatable bonds is 5. The van der Waals surface area contributed by atoms with Crippen LogP contribution < -0.4 is 10.2 Å². The lowest BCUT2D eigenvalue weighted by Gasteiger charge is -2.29. The molecule has 0 radical (unpaired) electrons. The second-order valence-electron chi connectivity index (χ2n) is 5.57. The molecule has 0 bridgehead atoms. The SMILES string of the molecule is CNCc1ccc(N2CCCC2CN(C)C)c(F)c1. The summed E-state index contributed by atoms with van der Waals surface area (Å²) in [6.45, 7) is 2.65. The van der Waals surface area contributed by atoms with E-state index in [0.29, 0.717) is 12.6 Å². The summed E-state index contributed by atoms with van der Waals surface area (Å²) in [5.41, 5.74) is 1.75. The Morgan fingerprint density at radius 1 is 1.42 bits per heavy atom. The molecule has 1 N–H and O–H groups in total. The molecule has 1 aliphatic heterocycles. The summed E-state index contributed by atoms with van der Waals surface area (Å²) in [5.74, 6) is -0.0987. The second kappa shape index (κ2) is 6.35. The van der Waals surface area contributed by atoms with E-state index in [1.54, 1.807) is 6.07 Å². The van der Waals surface area contributed by atoms with E-state index in [1.807, 2.05) is 19.2 Å². The van der Waals surface area contributed by atoms with Crippen molar-refractivity contribution >= 4 is 5.69 Å². The van der Waals surface area contributed by atoms with Crippen LogP contribution in [0.15, 0.2) is 18.2 Å². The summed E-state index contributed by atoms with van der Waals surface area (Å²) >= 11 is 0. The van der Waals surface area contributed by atoms with E-state index in [2.05, 4.69) is 29.2 Å². The van der Waals surface area contributed by atoms with Gasteiger partial charge in [0.1, 0.15) is 5.82 Å². The van der Waals surface area contributed by atoms with Crippen LogP contribution in [0, 0.1) is 5.82 Å². The molecule has 0 saturated carbocycles. The average molecular weight is 265 g/mol. The van der Waals surface area contributed by atoms with Crippen molar-refractivity contribution in [2.24, 2.45) is 0 Å². The predicted octanol–water partition coefficient (Wildman–Crippen LogP) is 2.08. The van der Waals surface area contributed by atoms with Crippen molar-refractivity contribution in [1.82, 2.24) is 10.2 Å². The van der Waals surface area contributed by atoms with E-state index >= 15 is 0 Å². The molecular weight excluding hydrogens is 241 g/mol. The van der Waals surface area contributed by atoms with E-state index in [0.717, 1.165) is 37.2 Å². The molecule has 1 aromatic rings. The van der Waals surface area contributed by atoms with Crippen LogP contribution in [-0.2, 0) is 6.54 Å². The minimum absolute atomic E-state index is 0.0987. The highest BCUT2D eigenvalue weighted by atomic mass is 19.1. The Morgan fingerprint density at radius 3 is 2.84 bits per heavy atom. The largest absolute Gasteiger partial charge is 0.365 e. The maximum atomic E-state index is 14.3. The highest BCUT2D eigenvalue weighted by Crippen LogP contribution is 2.28. The summed E-state index contributed by atoms with van der Waals surface area (Å²) in [5, 5.41) is 3.05. The molecule has 0 aliphatic carbocycles. The number of nitrogens with zero attached hydrogens (tertiary/aromatic N) is 2. The van der Waals surface area contributed by atoms with E-state index in [9.17, 15) is 4.39 Å². The van der Waals surface area contributed by atoms with Gasteiger partial charge in [-0.2, -0.15) is 0 Å². The Morgan fingerprint density at radius 2 is 2.21 bits per heavy atom. The van der Waals surface area contributed by atoms with Gasteiger partial charge in [-0.25, -0.2) is 4.39 Å². The van der Waals surface area contributed by atoms with Gasteiger partial charge < -0.3 is 15.1 Å². The van der Waals surface area contributed by atoms with Crippen LogP contribution >= 0.6 is 0 Å². The molecule has 1 aromatic carbocycles. The summed E-state index contributed by atoms with van der Waals surface area (Å²) in [4.78, 5) is 4.40. The van der Waals surface area contributed by atoms with E-state index in [4.69, 9.17) is 0 Å². The zero-order valence-electron chi connectivity index (χ0n) is 12.1. The van der Waals surface area contributed by atoms with Crippen molar-refractivity contribution in [3.63, 3.8) is 0 Å². The monoisotopic (exact) mass is 265 g/mol. The summed E-state index contributed by atoms with van der Waals surface area (Å²) in [7, 11) is 6.02. The molecule has 1 aliphatic rings. The van der Waals surface area contributed by atoms with Crippen LogP contribution in [0.25, 0.3) is 0 Å². The van der Waals surface area contributed by atoms with Crippen LogP contribution in [0.1, 0.15) is 18.4 Å². The maximum absolute atomic E-state index is 14.3. The number of hydrogen-bond donors (Lipinski definition) is 1. The molecular formula is C15H24FN3. The molecule has 1 heterocycles. The molecule has 3 nitrogen and oxygen atoms in total. The zero-order chi connectivity index (χ0) is 13.8. The van der Waals surface area contributed by atoms with Gasteiger partial charge in [-0.05, 0) is 51.7 Å². The highest BCUT2D eigenvalue weighted by molar-refractivity contribution is 5.51. The summed E-state index contributed by atoms with van der Waals surface area (Å²) in [6.07, 6.45) is 2.30. The third-order valence-corrected chi connectivity index (χ3v) is 3.66. The third kappa shape index (κ3) is 3.45. The van der Waals surface area contributed by atoms with Crippen LogP contribution in [0.5, 0.6) is 0 Å². The van der Waals surface area contributed by atoms with Gasteiger partial charge in [0.2, 0.25) is 0 Å². The van der Waals surface area contributed by atoms with E-state index in [1.165, 1.54) is 0 Å². The van der Waals surface area contributed by atoms with Gasteiger partial charge in [0.05, 0.1) is 5.69 Å². The Balaban J connectivity index is 2.16. The molecule has 4 heteroatoms. The maximum Gasteiger partial charge on any atom is 0.146 e. The molecule has 1 atom stereocenters. The van der Waals surface area contributed by atoms with E-state index in [-0.39, 0.29) is 5.82 Å². The molecule has 19 heavy (non-hydrogen) atoms. The van der Waals surface area contributed by atoms with Crippen molar-refractivity contribution in [3.05, 3.63) is 29.6 Å². The molecule has 1 saturated heterocycles. The molecule has 0 aromatic heterocycles. The first kappa shape index (κ1) is 14.3. The minimum atomic E-state index is -0.0987. The van der Waals surface area contributed by atoms with Crippen LogP contribution in [0.3, 0.4) is 0 Å². The zero-order valence-corrected chi connectivity index (χ0v) is 12.1. The first-order valence-electron chi connectivity index (χ1n) is 6.96. The van der Waals surface area contributed by atoms with Gasteiger partial charge in [-0.15, -0.1) is 0 Å². The molecule has 0 spiro atoms. The highest BCUT2D eigenvalue weighted by Gasteiger charge is 2.26. The van der Waals surface area contributed by atoms with Gasteiger partial charge in [0.15, 0.2) is 0 Å². The molecule has 1 unspecified atom stereocenters. The first-order chi connectivity index (χ1) is 9.11. The lowest BCUT2D eigenvalue weighted by Crippen LogP contribution is -2.38. The normalized spacial score (nSPS) is 19.4. The molecule has 0 amide bonds. The minimum Gasteiger partial charge on any atom is -0.365 e. The number of anilines is 1. The van der Waals surface area contributed by atoms with Crippen molar-refractivity contribution in [2.75, 3.05) is 39.1 Å². The van der Waals surface area contributed by atoms with Gasteiger partial charge in [-0.1, -0.05) is 6.07 Å². The van der Waals surface area contributed by atoms with Gasteiger partial charge in [0.25, 0.3) is 0 Å². The Kier molecular flexibility index (Phi) is 4.77. The van der Waals surface area contributed by atoms with Crippen LogP contribution in [0.2, 0.25) is 0 Å². The molecule has 106 valence electrons. The average Bonchev–Trinajstić information content (AvgIpc) is 2.77. The number of hydrogen-bond acceptors (Lipinski definition) is 3. The fraction of sp³-hybridized carbons (Fsp3) is 0.600. The Labute approximate surface area is 115 Å². The predicted molar refractivity (Wildman–Crippen MR) is 78.1 cm³/mol. The lowest BCUT2D eigenvalue weighted by molar-refractivity contribution is 0.371. The summed E-state index contributed by atoms with van der Waals surface area (Å²) < 4.78 is 14.3. The fourth-order valence-electron chi connectivity index (χ4n) is 2.86. The first-order valence-corrected chi connectivity index (χ1v) is 6.96. The smallest absolute Gasteiger partial charge is 0.146 e. The van der Waals surface area contributed by atoms with Crippen molar-refractivity contribution in [1.29, 1.82) is 0 Å². The van der Waals surface area contributed by atoms with Gasteiger partial charge in [-0.3, -0.25) is 0 Å².